The molecule has 0 unspecified atom stereocenters. The summed E-state index contributed by atoms with van der Waals surface area (Å²) in [6, 6.07) is 5.60. The van der Waals surface area contributed by atoms with Gasteiger partial charge in [-0.2, -0.15) is 4.39 Å². The lowest BCUT2D eigenvalue weighted by atomic mass is 10.1. The molecule has 100 valence electrons. The van der Waals surface area contributed by atoms with E-state index in [1.54, 1.807) is 0 Å². The Morgan fingerprint density at radius 3 is 2.37 bits per heavy atom. The number of para-hydroxylation sites is 1. The molecule has 1 heterocycles. The third kappa shape index (κ3) is 3.18. The van der Waals surface area contributed by atoms with Crippen LogP contribution in [0.4, 0.5) is 22.0 Å². The maximum absolute atomic E-state index is 13.5. The first-order valence-electron chi connectivity index (χ1n) is 5.03. The molecule has 0 spiro atoms. The third-order valence-corrected chi connectivity index (χ3v) is 2.21. The number of alkyl halides is 3. The molecule has 0 radical (unpaired) electrons. The lowest BCUT2D eigenvalue weighted by Gasteiger charge is -2.13. The predicted molar refractivity (Wildman–Crippen MR) is 56.3 cm³/mol. The number of nitrogens with zero attached hydrogens (tertiary/aromatic N) is 1. The third-order valence-electron chi connectivity index (χ3n) is 2.21. The van der Waals surface area contributed by atoms with Gasteiger partial charge in [0.05, 0.1) is 6.20 Å². The fourth-order valence-electron chi connectivity index (χ4n) is 1.51. The molecule has 1 aromatic heterocycles. The molecular weight excluding hydrogens is 269 g/mol. The minimum absolute atomic E-state index is 0.232. The van der Waals surface area contributed by atoms with Crippen LogP contribution in [0, 0.1) is 11.8 Å². The normalized spacial score (nSPS) is 11.4. The highest BCUT2D eigenvalue weighted by molar-refractivity contribution is 5.70. The summed E-state index contributed by atoms with van der Waals surface area (Å²) in [6.45, 7) is 0. The fourth-order valence-corrected chi connectivity index (χ4v) is 1.51. The van der Waals surface area contributed by atoms with Crippen LogP contribution in [0.3, 0.4) is 0 Å². The van der Waals surface area contributed by atoms with E-state index in [-0.39, 0.29) is 5.56 Å². The van der Waals surface area contributed by atoms with Gasteiger partial charge in [0, 0.05) is 11.1 Å². The zero-order valence-electron chi connectivity index (χ0n) is 9.21. The summed E-state index contributed by atoms with van der Waals surface area (Å²) >= 11 is 0. The number of halogens is 5. The van der Waals surface area contributed by atoms with Crippen molar-refractivity contribution in [2.75, 3.05) is 0 Å². The number of pyridine rings is 1. The van der Waals surface area contributed by atoms with E-state index < -0.39 is 29.4 Å². The van der Waals surface area contributed by atoms with Crippen LogP contribution in [-0.2, 0) is 0 Å². The molecule has 0 N–H and O–H groups in total. The maximum Gasteiger partial charge on any atom is 0.573 e. The summed E-state index contributed by atoms with van der Waals surface area (Å²) in [5, 5.41) is 0. The standard InChI is InChI=1S/C12H6F5NO/c13-7-5-9(11(14)18-6-7)8-3-1-2-4-10(8)19-12(15,16)17/h1-6H. The maximum atomic E-state index is 13.5. The van der Waals surface area contributed by atoms with Gasteiger partial charge in [0.2, 0.25) is 5.95 Å². The van der Waals surface area contributed by atoms with Crippen LogP contribution in [0.25, 0.3) is 11.1 Å². The molecule has 0 amide bonds. The Labute approximate surface area is 104 Å². The van der Waals surface area contributed by atoms with Crippen molar-refractivity contribution in [3.05, 3.63) is 48.3 Å². The van der Waals surface area contributed by atoms with Crippen LogP contribution in [0.15, 0.2) is 36.5 Å². The van der Waals surface area contributed by atoms with E-state index in [9.17, 15) is 22.0 Å². The Kier molecular flexibility index (Phi) is 3.37. The molecule has 0 bridgehead atoms. The Balaban J connectivity index is 2.53. The average molecular weight is 275 g/mol. The van der Waals surface area contributed by atoms with Crippen molar-refractivity contribution in [2.24, 2.45) is 0 Å². The van der Waals surface area contributed by atoms with Crippen LogP contribution in [0.5, 0.6) is 5.75 Å². The van der Waals surface area contributed by atoms with Gasteiger partial charge in [0.1, 0.15) is 11.6 Å². The van der Waals surface area contributed by atoms with Gasteiger partial charge < -0.3 is 4.74 Å². The Bertz CT molecular complexity index is 597. The van der Waals surface area contributed by atoms with E-state index in [0.29, 0.717) is 6.20 Å². The van der Waals surface area contributed by atoms with Gasteiger partial charge >= 0.3 is 6.36 Å². The highest BCUT2D eigenvalue weighted by atomic mass is 19.4. The molecule has 0 saturated heterocycles. The van der Waals surface area contributed by atoms with Gasteiger partial charge in [-0.05, 0) is 12.1 Å². The molecule has 1 aromatic carbocycles. The van der Waals surface area contributed by atoms with Gasteiger partial charge in [-0.1, -0.05) is 18.2 Å². The topological polar surface area (TPSA) is 22.1 Å². The molecule has 2 nitrogen and oxygen atoms in total. The second kappa shape index (κ2) is 4.83. The number of hydrogen-bond acceptors (Lipinski definition) is 2. The molecule has 7 heteroatoms. The smallest absolute Gasteiger partial charge is 0.405 e. The van der Waals surface area contributed by atoms with Crippen molar-refractivity contribution in [2.45, 2.75) is 6.36 Å². The summed E-state index contributed by atoms with van der Waals surface area (Å²) in [4.78, 5) is 3.11. The molecule has 2 rings (SSSR count). The lowest BCUT2D eigenvalue weighted by molar-refractivity contribution is -0.274. The predicted octanol–water partition coefficient (Wildman–Crippen LogP) is 3.93. The van der Waals surface area contributed by atoms with Gasteiger partial charge in [0.25, 0.3) is 0 Å². The average Bonchev–Trinajstić information content (AvgIpc) is 2.31. The van der Waals surface area contributed by atoms with Gasteiger partial charge in [-0.15, -0.1) is 13.2 Å². The zero-order valence-corrected chi connectivity index (χ0v) is 9.21. The van der Waals surface area contributed by atoms with E-state index in [4.69, 9.17) is 0 Å². The van der Waals surface area contributed by atoms with Gasteiger partial charge in [-0.3, -0.25) is 0 Å². The highest BCUT2D eigenvalue weighted by Gasteiger charge is 2.32. The largest absolute Gasteiger partial charge is 0.573 e. The van der Waals surface area contributed by atoms with Crippen LogP contribution in [0.1, 0.15) is 0 Å². The number of rotatable bonds is 2. The summed E-state index contributed by atoms with van der Waals surface area (Å²) in [6.07, 6.45) is -4.29. The van der Waals surface area contributed by atoms with Crippen molar-refractivity contribution in [3.63, 3.8) is 0 Å². The highest BCUT2D eigenvalue weighted by Crippen LogP contribution is 2.34. The molecular formula is C12H6F5NO. The second-order valence-corrected chi connectivity index (χ2v) is 3.54. The Hall–Kier alpha value is -2.18. The Morgan fingerprint density at radius 1 is 1.00 bits per heavy atom. The van der Waals surface area contributed by atoms with Crippen LogP contribution >= 0.6 is 0 Å². The fraction of sp³-hybridized carbons (Fsp3) is 0.0833. The van der Waals surface area contributed by atoms with Gasteiger partial charge in [-0.25, -0.2) is 9.37 Å². The number of ether oxygens (including phenoxy) is 1. The number of benzene rings is 1. The monoisotopic (exact) mass is 275 g/mol. The molecule has 0 saturated carbocycles. The minimum atomic E-state index is -4.92. The van der Waals surface area contributed by atoms with Crippen molar-refractivity contribution in [1.29, 1.82) is 0 Å². The molecule has 0 atom stereocenters. The first-order valence-corrected chi connectivity index (χ1v) is 5.03. The van der Waals surface area contributed by atoms with Gasteiger partial charge in [0.15, 0.2) is 0 Å². The molecule has 0 aliphatic rings. The molecule has 0 fully saturated rings. The van der Waals surface area contributed by atoms with Crippen molar-refractivity contribution < 1.29 is 26.7 Å². The van der Waals surface area contributed by atoms with E-state index in [1.165, 1.54) is 18.2 Å². The van der Waals surface area contributed by atoms with Crippen molar-refractivity contribution in [3.8, 4) is 16.9 Å². The molecule has 0 aliphatic carbocycles. The molecule has 2 aromatic rings. The lowest BCUT2D eigenvalue weighted by Crippen LogP contribution is -2.17. The summed E-state index contributed by atoms with van der Waals surface area (Å²) < 4.78 is 66.9. The first kappa shape index (κ1) is 13.3. The summed E-state index contributed by atoms with van der Waals surface area (Å²) in [5.41, 5.74) is -0.635. The number of hydrogen-bond donors (Lipinski definition) is 0. The van der Waals surface area contributed by atoms with E-state index in [2.05, 4.69) is 9.72 Å². The minimum Gasteiger partial charge on any atom is -0.405 e. The SMILES string of the molecule is Fc1cnc(F)c(-c2ccccc2OC(F)(F)F)c1. The quantitative estimate of drug-likeness (QED) is 0.612. The zero-order chi connectivity index (χ0) is 14.0. The first-order chi connectivity index (χ1) is 8.87. The van der Waals surface area contributed by atoms with Crippen LogP contribution in [-0.4, -0.2) is 11.3 Å². The van der Waals surface area contributed by atoms with E-state index in [0.717, 1.165) is 12.1 Å². The Morgan fingerprint density at radius 2 is 1.68 bits per heavy atom. The van der Waals surface area contributed by atoms with Crippen molar-refractivity contribution >= 4 is 0 Å². The number of aromatic nitrogens is 1. The second-order valence-electron chi connectivity index (χ2n) is 3.54. The van der Waals surface area contributed by atoms with E-state index in [1.807, 2.05) is 0 Å². The van der Waals surface area contributed by atoms with Crippen LogP contribution < -0.4 is 4.74 Å². The van der Waals surface area contributed by atoms with E-state index >= 15 is 0 Å². The summed E-state index contributed by atoms with van der Waals surface area (Å²) in [5.74, 6) is -2.57. The molecule has 0 aliphatic heterocycles. The summed E-state index contributed by atoms with van der Waals surface area (Å²) in [7, 11) is 0. The van der Waals surface area contributed by atoms with Crippen molar-refractivity contribution in [1.82, 2.24) is 4.98 Å². The molecule has 19 heavy (non-hydrogen) atoms. The van der Waals surface area contributed by atoms with Crippen LogP contribution in [0.2, 0.25) is 0 Å².